The molecule has 3 nitrogen and oxygen atoms in total. The maximum absolute atomic E-state index is 13.7. The molecule has 3 aromatic rings. The average molecular weight is 456 g/mol. The number of amides is 1. The van der Waals surface area contributed by atoms with E-state index in [1.54, 1.807) is 4.90 Å². The van der Waals surface area contributed by atoms with Gasteiger partial charge in [0, 0.05) is 18.8 Å². The Morgan fingerprint density at radius 2 is 1.61 bits per heavy atom. The van der Waals surface area contributed by atoms with Crippen molar-refractivity contribution >= 4 is 11.6 Å². The Morgan fingerprint density at radius 1 is 0.939 bits per heavy atom. The number of alkyl halides is 3. The van der Waals surface area contributed by atoms with Crippen LogP contribution in [0.15, 0.2) is 72.8 Å². The van der Waals surface area contributed by atoms with E-state index in [9.17, 15) is 18.0 Å². The molecule has 0 aromatic heterocycles. The molecule has 1 atom stereocenters. The fourth-order valence-corrected chi connectivity index (χ4v) is 3.61. The molecular formula is C27H28F3NO2. The second-order valence-electron chi connectivity index (χ2n) is 7.95. The van der Waals surface area contributed by atoms with Crippen LogP contribution in [0.5, 0.6) is 0 Å². The minimum absolute atomic E-state index is 0.210. The topological polar surface area (TPSA) is 29.5 Å². The van der Waals surface area contributed by atoms with Crippen LogP contribution < -0.4 is 4.90 Å². The smallest absolute Gasteiger partial charge is 0.364 e. The SMILES string of the molecule is CCO[C@@H](C(=O)N(CCc1ccc(C(F)(F)F)cc1)c1ccc(C)c(C)c1)c1ccccc1. The molecule has 0 aliphatic heterocycles. The van der Waals surface area contributed by atoms with E-state index in [0.717, 1.165) is 40.1 Å². The van der Waals surface area contributed by atoms with Gasteiger partial charge in [-0.3, -0.25) is 4.79 Å². The van der Waals surface area contributed by atoms with Crippen molar-refractivity contribution in [3.8, 4) is 0 Å². The number of halogens is 3. The number of anilines is 1. The average Bonchev–Trinajstić information content (AvgIpc) is 2.80. The summed E-state index contributed by atoms with van der Waals surface area (Å²) in [6, 6.07) is 20.2. The third-order valence-corrected chi connectivity index (χ3v) is 5.63. The Labute approximate surface area is 192 Å². The maximum atomic E-state index is 13.7. The molecule has 0 fully saturated rings. The van der Waals surface area contributed by atoms with E-state index < -0.39 is 17.8 Å². The van der Waals surface area contributed by atoms with E-state index in [2.05, 4.69) is 0 Å². The highest BCUT2D eigenvalue weighted by molar-refractivity contribution is 5.97. The van der Waals surface area contributed by atoms with Crippen molar-refractivity contribution in [2.75, 3.05) is 18.1 Å². The van der Waals surface area contributed by atoms with Crippen LogP contribution in [0.3, 0.4) is 0 Å². The highest BCUT2D eigenvalue weighted by atomic mass is 19.4. The number of hydrogen-bond acceptors (Lipinski definition) is 2. The number of ether oxygens (including phenoxy) is 1. The van der Waals surface area contributed by atoms with E-state index in [4.69, 9.17) is 4.74 Å². The second kappa shape index (κ2) is 10.7. The van der Waals surface area contributed by atoms with Crippen LogP contribution >= 0.6 is 0 Å². The predicted octanol–water partition coefficient (Wildman–Crippen LogP) is 6.68. The molecule has 1 amide bonds. The minimum Gasteiger partial charge on any atom is -0.364 e. The van der Waals surface area contributed by atoms with Crippen LogP contribution in [0.2, 0.25) is 0 Å². The summed E-state index contributed by atoms with van der Waals surface area (Å²) in [6.45, 7) is 6.49. The van der Waals surface area contributed by atoms with E-state index in [0.29, 0.717) is 19.6 Å². The van der Waals surface area contributed by atoms with E-state index in [1.807, 2.05) is 69.3 Å². The predicted molar refractivity (Wildman–Crippen MR) is 124 cm³/mol. The summed E-state index contributed by atoms with van der Waals surface area (Å²) >= 11 is 0. The van der Waals surface area contributed by atoms with Crippen LogP contribution in [0.1, 0.15) is 40.8 Å². The molecule has 0 heterocycles. The summed E-state index contributed by atoms with van der Waals surface area (Å²) in [5, 5.41) is 0. The van der Waals surface area contributed by atoms with Gasteiger partial charge in [-0.2, -0.15) is 13.2 Å². The lowest BCUT2D eigenvalue weighted by Gasteiger charge is -2.28. The molecule has 0 N–H and O–H groups in total. The molecule has 3 aromatic carbocycles. The lowest BCUT2D eigenvalue weighted by atomic mass is 10.0. The zero-order chi connectivity index (χ0) is 24.0. The van der Waals surface area contributed by atoms with Gasteiger partial charge in [0.25, 0.3) is 5.91 Å². The zero-order valence-electron chi connectivity index (χ0n) is 19.0. The van der Waals surface area contributed by atoms with E-state index in [-0.39, 0.29) is 5.91 Å². The number of rotatable bonds is 8. The normalized spacial score (nSPS) is 12.4. The van der Waals surface area contributed by atoms with Gasteiger partial charge in [-0.25, -0.2) is 0 Å². The minimum atomic E-state index is -4.37. The zero-order valence-corrected chi connectivity index (χ0v) is 19.0. The van der Waals surface area contributed by atoms with Gasteiger partial charge in [0.05, 0.1) is 5.56 Å². The van der Waals surface area contributed by atoms with Crippen LogP contribution in [0.25, 0.3) is 0 Å². The van der Waals surface area contributed by atoms with Crippen molar-refractivity contribution in [1.29, 1.82) is 0 Å². The third kappa shape index (κ3) is 6.23. The van der Waals surface area contributed by atoms with Crippen LogP contribution in [-0.2, 0) is 22.1 Å². The molecule has 0 radical (unpaired) electrons. The number of carbonyl (C=O) groups is 1. The first-order chi connectivity index (χ1) is 15.7. The molecular weight excluding hydrogens is 427 g/mol. The highest BCUT2D eigenvalue weighted by Gasteiger charge is 2.30. The Morgan fingerprint density at radius 3 is 2.18 bits per heavy atom. The van der Waals surface area contributed by atoms with Gasteiger partial charge in [-0.1, -0.05) is 48.5 Å². The summed E-state index contributed by atoms with van der Waals surface area (Å²) < 4.78 is 44.5. The van der Waals surface area contributed by atoms with Crippen molar-refractivity contribution in [1.82, 2.24) is 0 Å². The summed E-state index contributed by atoms with van der Waals surface area (Å²) in [6.07, 6.45) is -4.74. The first-order valence-electron chi connectivity index (χ1n) is 10.9. The quantitative estimate of drug-likeness (QED) is 0.379. The Bertz CT molecular complexity index is 1060. The number of aryl methyl sites for hydroxylation is 2. The number of nitrogens with zero attached hydrogens (tertiary/aromatic N) is 1. The fourth-order valence-electron chi connectivity index (χ4n) is 3.61. The lowest BCUT2D eigenvalue weighted by molar-refractivity contribution is -0.137. The first kappa shape index (κ1) is 24.5. The molecule has 0 spiro atoms. The van der Waals surface area contributed by atoms with Gasteiger partial charge in [-0.15, -0.1) is 0 Å². The standard InChI is InChI=1S/C27H28F3NO2/c1-4-33-25(22-8-6-5-7-9-22)26(32)31(24-15-10-19(2)20(3)18-24)17-16-21-11-13-23(14-12-21)27(28,29)30/h5-15,18,25H,4,16-17H2,1-3H3/t25-/m1/s1. The molecule has 33 heavy (non-hydrogen) atoms. The Balaban J connectivity index is 1.90. The summed E-state index contributed by atoms with van der Waals surface area (Å²) in [5.41, 5.74) is 3.68. The molecule has 174 valence electrons. The Hall–Kier alpha value is -3.12. The van der Waals surface area contributed by atoms with Gasteiger partial charge in [0.2, 0.25) is 0 Å². The van der Waals surface area contributed by atoms with Crippen LogP contribution in [-0.4, -0.2) is 19.1 Å². The second-order valence-corrected chi connectivity index (χ2v) is 7.95. The molecule has 6 heteroatoms. The van der Waals surface area contributed by atoms with Crippen molar-refractivity contribution in [3.63, 3.8) is 0 Å². The van der Waals surface area contributed by atoms with Gasteiger partial charge in [0.15, 0.2) is 6.10 Å². The number of hydrogen-bond donors (Lipinski definition) is 0. The number of carbonyl (C=O) groups excluding carboxylic acids is 1. The van der Waals surface area contributed by atoms with E-state index in [1.165, 1.54) is 12.1 Å². The van der Waals surface area contributed by atoms with Gasteiger partial charge in [-0.05, 0) is 73.7 Å². The van der Waals surface area contributed by atoms with Crippen molar-refractivity contribution in [3.05, 3.63) is 101 Å². The summed E-state index contributed by atoms with van der Waals surface area (Å²) in [4.78, 5) is 15.4. The van der Waals surface area contributed by atoms with Crippen molar-refractivity contribution in [2.24, 2.45) is 0 Å². The first-order valence-corrected chi connectivity index (χ1v) is 10.9. The Kier molecular flexibility index (Phi) is 7.92. The molecule has 0 aliphatic carbocycles. The molecule has 0 unspecified atom stereocenters. The third-order valence-electron chi connectivity index (χ3n) is 5.63. The lowest BCUT2D eigenvalue weighted by Crippen LogP contribution is -2.38. The van der Waals surface area contributed by atoms with Crippen molar-refractivity contribution < 1.29 is 22.7 Å². The monoisotopic (exact) mass is 455 g/mol. The summed E-state index contributed by atoms with van der Waals surface area (Å²) in [5.74, 6) is -0.210. The highest BCUT2D eigenvalue weighted by Crippen LogP contribution is 2.30. The van der Waals surface area contributed by atoms with Crippen molar-refractivity contribution in [2.45, 2.75) is 39.5 Å². The summed E-state index contributed by atoms with van der Waals surface area (Å²) in [7, 11) is 0. The molecule has 3 rings (SSSR count). The molecule has 0 aliphatic rings. The van der Waals surface area contributed by atoms with Gasteiger partial charge >= 0.3 is 6.18 Å². The van der Waals surface area contributed by atoms with Gasteiger partial charge in [0.1, 0.15) is 0 Å². The largest absolute Gasteiger partial charge is 0.416 e. The molecule has 0 saturated carbocycles. The fraction of sp³-hybridized carbons (Fsp3) is 0.296. The van der Waals surface area contributed by atoms with Gasteiger partial charge < -0.3 is 9.64 Å². The van der Waals surface area contributed by atoms with Crippen LogP contribution in [0, 0.1) is 13.8 Å². The molecule has 0 saturated heterocycles. The molecule has 0 bridgehead atoms. The van der Waals surface area contributed by atoms with E-state index >= 15 is 0 Å². The van der Waals surface area contributed by atoms with Crippen LogP contribution in [0.4, 0.5) is 18.9 Å². The maximum Gasteiger partial charge on any atom is 0.416 e. The number of benzene rings is 3.